The fourth-order valence-corrected chi connectivity index (χ4v) is 2.71. The minimum atomic E-state index is -0.262. The highest BCUT2D eigenvalue weighted by Gasteiger charge is 2.06. The smallest absolute Gasteiger partial charge is 0.129 e. The summed E-state index contributed by atoms with van der Waals surface area (Å²) in [6.45, 7) is 1.21. The first-order valence-electron chi connectivity index (χ1n) is 6.94. The molecule has 0 aliphatic rings. The zero-order valence-electron chi connectivity index (χ0n) is 11.9. The minimum Gasteiger partial charge on any atom is -1.00 e. The number of hydrogen-bond acceptors (Lipinski definition) is 1. The molecule has 1 heterocycles. The molecule has 0 radical (unpaired) electrons. The van der Waals surface area contributed by atoms with Crippen LogP contribution in [0.15, 0.2) is 48.7 Å². The molecular formula is C17H16Cl2FN2-. The molecule has 2 aromatic carbocycles. The van der Waals surface area contributed by atoms with Crippen LogP contribution in [0, 0.1) is 5.82 Å². The Morgan fingerprint density at radius 3 is 2.73 bits per heavy atom. The van der Waals surface area contributed by atoms with Crippen molar-refractivity contribution in [3.05, 3.63) is 70.6 Å². The summed E-state index contributed by atoms with van der Waals surface area (Å²) in [6, 6.07) is 13.0. The maximum Gasteiger partial charge on any atom is 0.129 e. The summed E-state index contributed by atoms with van der Waals surface area (Å²) in [6.07, 6.45) is 2.92. The van der Waals surface area contributed by atoms with E-state index in [0.717, 1.165) is 18.5 Å². The predicted molar refractivity (Wildman–Crippen MR) is 85.1 cm³/mol. The molecule has 0 saturated carbocycles. The summed E-state index contributed by atoms with van der Waals surface area (Å²) in [5.74, 6) is -0.262. The molecule has 5 heteroatoms. The Labute approximate surface area is 140 Å². The first kappa shape index (κ1) is 16.8. The minimum absolute atomic E-state index is 0. The third-order valence-electron chi connectivity index (χ3n) is 3.61. The third-order valence-corrected chi connectivity index (χ3v) is 3.96. The van der Waals surface area contributed by atoms with Gasteiger partial charge < -0.3 is 22.7 Å². The van der Waals surface area contributed by atoms with Gasteiger partial charge in [-0.25, -0.2) is 4.39 Å². The highest BCUT2D eigenvalue weighted by molar-refractivity contribution is 6.31. The van der Waals surface area contributed by atoms with Gasteiger partial charge in [-0.05, 0) is 36.7 Å². The summed E-state index contributed by atoms with van der Waals surface area (Å²) in [5, 5.41) is 4.95. The molecule has 0 bridgehead atoms. The molecule has 0 aliphatic heterocycles. The van der Waals surface area contributed by atoms with Gasteiger partial charge in [0.1, 0.15) is 5.82 Å². The maximum absolute atomic E-state index is 13.6. The summed E-state index contributed by atoms with van der Waals surface area (Å²) in [4.78, 5) is 3.26. The quantitative estimate of drug-likeness (QED) is 0.675. The van der Waals surface area contributed by atoms with Gasteiger partial charge in [0.15, 0.2) is 0 Å². The lowest BCUT2D eigenvalue weighted by atomic mass is 10.1. The summed E-state index contributed by atoms with van der Waals surface area (Å²) in [5.41, 5.74) is 2.93. The Morgan fingerprint density at radius 1 is 1.09 bits per heavy atom. The first-order valence-corrected chi connectivity index (χ1v) is 7.32. The number of fused-ring (bicyclic) bond motifs is 1. The van der Waals surface area contributed by atoms with Crippen molar-refractivity contribution >= 4 is 22.5 Å². The number of halogens is 3. The van der Waals surface area contributed by atoms with Crippen molar-refractivity contribution < 1.29 is 16.8 Å². The Balaban J connectivity index is 0.00000176. The summed E-state index contributed by atoms with van der Waals surface area (Å²) >= 11 is 6.00. The molecule has 2 nitrogen and oxygen atoms in total. The second-order valence-electron chi connectivity index (χ2n) is 4.99. The van der Waals surface area contributed by atoms with Crippen LogP contribution < -0.4 is 17.7 Å². The molecule has 0 atom stereocenters. The molecule has 0 aliphatic carbocycles. The van der Waals surface area contributed by atoms with Crippen molar-refractivity contribution in [2.75, 3.05) is 6.54 Å². The van der Waals surface area contributed by atoms with Crippen LogP contribution in [0.4, 0.5) is 4.39 Å². The Kier molecular flexibility index (Phi) is 5.83. The molecular weight excluding hydrogens is 322 g/mol. The number of nitrogens with one attached hydrogen (secondary N) is 2. The van der Waals surface area contributed by atoms with Crippen molar-refractivity contribution in [2.45, 2.75) is 13.0 Å². The van der Waals surface area contributed by atoms with Crippen LogP contribution in [-0.2, 0) is 13.0 Å². The van der Waals surface area contributed by atoms with Gasteiger partial charge in [0, 0.05) is 34.2 Å². The van der Waals surface area contributed by atoms with Crippen LogP contribution in [-0.4, -0.2) is 11.5 Å². The van der Waals surface area contributed by atoms with E-state index in [1.807, 2.05) is 18.3 Å². The second kappa shape index (κ2) is 7.63. The molecule has 0 fully saturated rings. The van der Waals surface area contributed by atoms with E-state index in [1.165, 1.54) is 17.0 Å². The molecule has 0 spiro atoms. The molecule has 3 rings (SSSR count). The number of rotatable bonds is 5. The molecule has 3 aromatic rings. The van der Waals surface area contributed by atoms with Crippen molar-refractivity contribution in [3.63, 3.8) is 0 Å². The van der Waals surface area contributed by atoms with E-state index in [9.17, 15) is 4.39 Å². The zero-order chi connectivity index (χ0) is 14.7. The van der Waals surface area contributed by atoms with Crippen LogP contribution in [0.5, 0.6) is 0 Å². The normalized spacial score (nSPS) is 10.6. The Morgan fingerprint density at radius 2 is 1.91 bits per heavy atom. The predicted octanol–water partition coefficient (Wildman–Crippen LogP) is 1.30. The second-order valence-corrected chi connectivity index (χ2v) is 5.39. The van der Waals surface area contributed by atoms with E-state index in [1.54, 1.807) is 12.1 Å². The zero-order valence-corrected chi connectivity index (χ0v) is 13.4. The van der Waals surface area contributed by atoms with Gasteiger partial charge in [0.05, 0.1) is 0 Å². The average Bonchev–Trinajstić information content (AvgIpc) is 2.89. The standard InChI is InChI=1S/C17H16ClFN2.ClH/c18-15-5-3-6-16(19)14(15)11-20-9-8-12-10-21-17-7-2-1-4-13(12)17;/h1-7,10,20-21H,8-9,11H2;1H/p-1. The fourth-order valence-electron chi connectivity index (χ4n) is 2.48. The highest BCUT2D eigenvalue weighted by atomic mass is 35.5. The van der Waals surface area contributed by atoms with Crippen LogP contribution >= 0.6 is 11.6 Å². The molecule has 0 unspecified atom stereocenters. The average molecular weight is 338 g/mol. The van der Waals surface area contributed by atoms with Gasteiger partial charge in [-0.1, -0.05) is 35.9 Å². The summed E-state index contributed by atoms with van der Waals surface area (Å²) < 4.78 is 13.6. The number of para-hydroxylation sites is 1. The first-order chi connectivity index (χ1) is 10.3. The number of benzene rings is 2. The SMILES string of the molecule is Fc1cccc(Cl)c1CNCCc1c[nH]c2ccccc12.[Cl-]. The molecule has 0 saturated heterocycles. The van der Waals surface area contributed by atoms with Crippen molar-refractivity contribution in [1.82, 2.24) is 10.3 Å². The largest absolute Gasteiger partial charge is 1.00 e. The summed E-state index contributed by atoms with van der Waals surface area (Å²) in [7, 11) is 0. The van der Waals surface area contributed by atoms with Gasteiger partial charge in [-0.2, -0.15) is 0 Å². The van der Waals surface area contributed by atoms with Crippen LogP contribution in [0.25, 0.3) is 10.9 Å². The Hall–Kier alpha value is -1.55. The van der Waals surface area contributed by atoms with Gasteiger partial charge >= 0.3 is 0 Å². The highest BCUT2D eigenvalue weighted by Crippen LogP contribution is 2.19. The van der Waals surface area contributed by atoms with Crippen molar-refractivity contribution in [1.29, 1.82) is 0 Å². The van der Waals surface area contributed by atoms with Gasteiger partial charge in [0.2, 0.25) is 0 Å². The topological polar surface area (TPSA) is 27.8 Å². The molecule has 1 aromatic heterocycles. The van der Waals surface area contributed by atoms with Crippen molar-refractivity contribution in [2.24, 2.45) is 0 Å². The number of aromatic amines is 1. The molecule has 0 amide bonds. The van der Waals surface area contributed by atoms with Crippen LogP contribution in [0.3, 0.4) is 0 Å². The number of aromatic nitrogens is 1. The maximum atomic E-state index is 13.6. The van der Waals surface area contributed by atoms with E-state index in [-0.39, 0.29) is 18.2 Å². The lowest BCUT2D eigenvalue weighted by Gasteiger charge is -2.07. The van der Waals surface area contributed by atoms with E-state index in [4.69, 9.17) is 11.6 Å². The molecule has 2 N–H and O–H groups in total. The van der Waals surface area contributed by atoms with Crippen LogP contribution in [0.1, 0.15) is 11.1 Å². The number of hydrogen-bond donors (Lipinski definition) is 2. The van der Waals surface area contributed by atoms with E-state index in [2.05, 4.69) is 22.4 Å². The van der Waals surface area contributed by atoms with E-state index < -0.39 is 0 Å². The number of H-pyrrole nitrogens is 1. The van der Waals surface area contributed by atoms with Gasteiger partial charge in [-0.15, -0.1) is 0 Å². The van der Waals surface area contributed by atoms with Crippen LogP contribution in [0.2, 0.25) is 5.02 Å². The monoisotopic (exact) mass is 337 g/mol. The fraction of sp³-hybridized carbons (Fsp3) is 0.176. The van der Waals surface area contributed by atoms with Gasteiger partial charge in [0.25, 0.3) is 0 Å². The van der Waals surface area contributed by atoms with E-state index >= 15 is 0 Å². The lowest BCUT2D eigenvalue weighted by Crippen LogP contribution is -3.00. The molecule has 22 heavy (non-hydrogen) atoms. The van der Waals surface area contributed by atoms with Gasteiger partial charge in [-0.3, -0.25) is 0 Å². The van der Waals surface area contributed by atoms with Crippen molar-refractivity contribution in [3.8, 4) is 0 Å². The molecule has 116 valence electrons. The third kappa shape index (κ3) is 3.61. The lowest BCUT2D eigenvalue weighted by molar-refractivity contribution is -0.00000474. The Bertz CT molecular complexity index is 735. The van der Waals surface area contributed by atoms with E-state index in [0.29, 0.717) is 17.1 Å².